The van der Waals surface area contributed by atoms with Gasteiger partial charge in [0.15, 0.2) is 0 Å². The van der Waals surface area contributed by atoms with Crippen molar-refractivity contribution in [1.82, 2.24) is 10.3 Å². The van der Waals surface area contributed by atoms with Crippen LogP contribution >= 0.6 is 0 Å². The molecule has 0 spiro atoms. The van der Waals surface area contributed by atoms with E-state index in [1.54, 1.807) is 12.3 Å². The van der Waals surface area contributed by atoms with Crippen molar-refractivity contribution in [3.05, 3.63) is 23.9 Å². The van der Waals surface area contributed by atoms with Gasteiger partial charge in [0.25, 0.3) is 0 Å². The zero-order valence-electron chi connectivity index (χ0n) is 11.2. The summed E-state index contributed by atoms with van der Waals surface area (Å²) < 4.78 is 0. The number of pyridine rings is 1. The number of aromatic nitrogens is 1. The van der Waals surface area contributed by atoms with Crippen molar-refractivity contribution in [3.8, 4) is 0 Å². The molecule has 0 saturated carbocycles. The van der Waals surface area contributed by atoms with Gasteiger partial charge in [0.1, 0.15) is 5.82 Å². The van der Waals surface area contributed by atoms with Crippen LogP contribution < -0.4 is 10.2 Å². The Morgan fingerprint density at radius 2 is 2.28 bits per heavy atom. The minimum Gasteiger partial charge on any atom is -0.392 e. The van der Waals surface area contributed by atoms with Gasteiger partial charge in [-0.05, 0) is 26.8 Å². The summed E-state index contributed by atoms with van der Waals surface area (Å²) in [5, 5.41) is 12.1. The Balaban J connectivity index is 2.79. The van der Waals surface area contributed by atoms with Gasteiger partial charge < -0.3 is 15.3 Å². The molecule has 18 heavy (non-hydrogen) atoms. The van der Waals surface area contributed by atoms with Crippen LogP contribution in [0.4, 0.5) is 5.82 Å². The molecule has 1 amide bonds. The smallest absolute Gasteiger partial charge is 0.239 e. The van der Waals surface area contributed by atoms with Gasteiger partial charge in [-0.1, -0.05) is 6.07 Å². The van der Waals surface area contributed by atoms with Gasteiger partial charge in [0.2, 0.25) is 5.91 Å². The first-order valence-electron chi connectivity index (χ1n) is 6.17. The minimum absolute atomic E-state index is 0.0404. The van der Waals surface area contributed by atoms with Gasteiger partial charge in [-0.15, -0.1) is 0 Å². The number of hydrogen-bond acceptors (Lipinski definition) is 4. The number of aliphatic hydroxyl groups is 1. The molecule has 0 aliphatic heterocycles. The average molecular weight is 251 g/mol. The molecule has 1 aromatic rings. The number of rotatable bonds is 6. The third-order valence-electron chi connectivity index (χ3n) is 2.50. The van der Waals surface area contributed by atoms with Gasteiger partial charge >= 0.3 is 0 Å². The van der Waals surface area contributed by atoms with Gasteiger partial charge in [0, 0.05) is 24.3 Å². The van der Waals surface area contributed by atoms with Crippen LogP contribution in [0.25, 0.3) is 0 Å². The molecule has 2 N–H and O–H groups in total. The van der Waals surface area contributed by atoms with Crippen molar-refractivity contribution < 1.29 is 9.90 Å². The summed E-state index contributed by atoms with van der Waals surface area (Å²) in [6.45, 7) is 6.64. The number of anilines is 1. The first-order chi connectivity index (χ1) is 8.58. The monoisotopic (exact) mass is 251 g/mol. The van der Waals surface area contributed by atoms with Crippen LogP contribution in [0, 0.1) is 0 Å². The molecule has 0 unspecified atom stereocenters. The molecule has 0 saturated heterocycles. The van der Waals surface area contributed by atoms with E-state index in [-0.39, 0.29) is 25.1 Å². The zero-order chi connectivity index (χ0) is 13.5. The lowest BCUT2D eigenvalue weighted by atomic mass is 10.2. The van der Waals surface area contributed by atoms with Crippen molar-refractivity contribution in [3.63, 3.8) is 0 Å². The number of nitrogens with zero attached hydrogens (tertiary/aromatic N) is 2. The van der Waals surface area contributed by atoms with E-state index in [0.29, 0.717) is 12.4 Å². The first kappa shape index (κ1) is 14.4. The van der Waals surface area contributed by atoms with Crippen molar-refractivity contribution in [2.75, 3.05) is 18.0 Å². The SMILES string of the molecule is CCN(CC(=O)NC(C)C)c1ncccc1CO. The maximum atomic E-state index is 11.8. The highest BCUT2D eigenvalue weighted by molar-refractivity contribution is 5.81. The largest absolute Gasteiger partial charge is 0.392 e. The van der Waals surface area contributed by atoms with Crippen LogP contribution in [0.1, 0.15) is 26.3 Å². The van der Waals surface area contributed by atoms with E-state index in [2.05, 4.69) is 10.3 Å². The number of nitrogens with one attached hydrogen (secondary N) is 1. The van der Waals surface area contributed by atoms with Crippen molar-refractivity contribution in [1.29, 1.82) is 0 Å². The highest BCUT2D eigenvalue weighted by atomic mass is 16.3. The number of carbonyl (C=O) groups is 1. The molecular weight excluding hydrogens is 230 g/mol. The summed E-state index contributed by atoms with van der Waals surface area (Å²) in [5.41, 5.74) is 0.733. The predicted octanol–water partition coefficient (Wildman–Crippen LogP) is 0.925. The van der Waals surface area contributed by atoms with Crippen LogP contribution in [-0.4, -0.2) is 35.1 Å². The molecule has 100 valence electrons. The molecule has 0 bridgehead atoms. The van der Waals surface area contributed by atoms with E-state index in [4.69, 9.17) is 0 Å². The highest BCUT2D eigenvalue weighted by Crippen LogP contribution is 2.16. The number of hydrogen-bond donors (Lipinski definition) is 2. The van der Waals surface area contributed by atoms with E-state index < -0.39 is 0 Å². The lowest BCUT2D eigenvalue weighted by Gasteiger charge is -2.23. The van der Waals surface area contributed by atoms with E-state index in [1.807, 2.05) is 31.7 Å². The molecule has 0 radical (unpaired) electrons. The van der Waals surface area contributed by atoms with E-state index in [0.717, 1.165) is 5.56 Å². The van der Waals surface area contributed by atoms with Crippen molar-refractivity contribution in [2.45, 2.75) is 33.4 Å². The summed E-state index contributed by atoms with van der Waals surface area (Å²) in [7, 11) is 0. The maximum absolute atomic E-state index is 11.8. The Kier molecular flexibility index (Phi) is 5.58. The molecule has 5 heteroatoms. The zero-order valence-corrected chi connectivity index (χ0v) is 11.2. The van der Waals surface area contributed by atoms with Crippen LogP contribution in [0.15, 0.2) is 18.3 Å². The van der Waals surface area contributed by atoms with Gasteiger partial charge in [-0.25, -0.2) is 4.98 Å². The second-order valence-electron chi connectivity index (χ2n) is 4.38. The lowest BCUT2D eigenvalue weighted by molar-refractivity contribution is -0.120. The standard InChI is InChI=1S/C13H21N3O2/c1-4-16(8-12(18)15-10(2)3)13-11(9-17)6-5-7-14-13/h5-7,10,17H,4,8-9H2,1-3H3,(H,15,18). The maximum Gasteiger partial charge on any atom is 0.239 e. The molecule has 0 atom stereocenters. The fraction of sp³-hybridized carbons (Fsp3) is 0.538. The molecule has 1 heterocycles. The quantitative estimate of drug-likeness (QED) is 0.789. The fourth-order valence-corrected chi connectivity index (χ4v) is 1.72. The first-order valence-corrected chi connectivity index (χ1v) is 6.17. The van der Waals surface area contributed by atoms with Gasteiger partial charge in [-0.3, -0.25) is 4.79 Å². The Labute approximate surface area is 108 Å². The highest BCUT2D eigenvalue weighted by Gasteiger charge is 2.14. The normalized spacial score (nSPS) is 10.5. The Morgan fingerprint density at radius 1 is 1.56 bits per heavy atom. The Morgan fingerprint density at radius 3 is 2.83 bits per heavy atom. The fourth-order valence-electron chi connectivity index (χ4n) is 1.72. The Bertz CT molecular complexity index is 394. The number of aliphatic hydroxyl groups excluding tert-OH is 1. The molecule has 1 rings (SSSR count). The topological polar surface area (TPSA) is 65.5 Å². The van der Waals surface area contributed by atoms with E-state index >= 15 is 0 Å². The van der Waals surface area contributed by atoms with Crippen LogP contribution in [0.2, 0.25) is 0 Å². The lowest BCUT2D eigenvalue weighted by Crippen LogP contribution is -2.40. The Hall–Kier alpha value is -1.62. The summed E-state index contributed by atoms with van der Waals surface area (Å²) in [6, 6.07) is 3.71. The van der Waals surface area contributed by atoms with Crippen LogP contribution in [-0.2, 0) is 11.4 Å². The summed E-state index contributed by atoms with van der Waals surface area (Å²) in [6.07, 6.45) is 1.66. The minimum atomic E-state index is -0.0779. The third kappa shape index (κ3) is 4.00. The van der Waals surface area contributed by atoms with Crippen molar-refractivity contribution >= 4 is 11.7 Å². The molecular formula is C13H21N3O2. The second-order valence-corrected chi connectivity index (χ2v) is 4.38. The second kappa shape index (κ2) is 6.96. The molecule has 0 aromatic carbocycles. The summed E-state index contributed by atoms with van der Waals surface area (Å²) in [5.74, 6) is 0.628. The summed E-state index contributed by atoms with van der Waals surface area (Å²) >= 11 is 0. The van der Waals surface area contributed by atoms with Gasteiger partial charge in [-0.2, -0.15) is 0 Å². The molecule has 1 aromatic heterocycles. The summed E-state index contributed by atoms with van der Waals surface area (Å²) in [4.78, 5) is 17.8. The van der Waals surface area contributed by atoms with Gasteiger partial charge in [0.05, 0.1) is 13.2 Å². The average Bonchev–Trinajstić information content (AvgIpc) is 2.35. The van der Waals surface area contributed by atoms with E-state index in [1.165, 1.54) is 0 Å². The third-order valence-corrected chi connectivity index (χ3v) is 2.50. The number of carbonyl (C=O) groups excluding carboxylic acids is 1. The number of likely N-dealkylation sites (N-methyl/N-ethyl adjacent to an activating group) is 1. The van der Waals surface area contributed by atoms with Crippen LogP contribution in [0.5, 0.6) is 0 Å². The predicted molar refractivity (Wildman–Crippen MR) is 71.3 cm³/mol. The van der Waals surface area contributed by atoms with Crippen molar-refractivity contribution in [2.24, 2.45) is 0 Å². The molecule has 0 aliphatic carbocycles. The molecule has 0 fully saturated rings. The van der Waals surface area contributed by atoms with Crippen LogP contribution in [0.3, 0.4) is 0 Å². The molecule has 0 aliphatic rings. The molecule has 5 nitrogen and oxygen atoms in total. The number of amides is 1. The van der Waals surface area contributed by atoms with E-state index in [9.17, 15) is 9.90 Å².